The Labute approximate surface area is 161 Å². The van der Waals surface area contributed by atoms with E-state index in [0.717, 1.165) is 69.3 Å². The van der Waals surface area contributed by atoms with E-state index in [4.69, 9.17) is 4.74 Å². The highest BCUT2D eigenvalue weighted by atomic mass is 16.5. The maximum Gasteiger partial charge on any atom is 0.108 e. The summed E-state index contributed by atoms with van der Waals surface area (Å²) in [5.41, 5.74) is 2.35. The van der Waals surface area contributed by atoms with Gasteiger partial charge in [-0.05, 0) is 31.0 Å². The number of rotatable bonds is 4. The van der Waals surface area contributed by atoms with Crippen LogP contribution in [-0.4, -0.2) is 65.3 Å². The summed E-state index contributed by atoms with van der Waals surface area (Å²) < 4.78 is 5.55. The number of benzene rings is 1. The number of hydrogen-bond acceptors (Lipinski definition) is 5. The average molecular weight is 367 g/mol. The van der Waals surface area contributed by atoms with Crippen LogP contribution >= 0.6 is 0 Å². The molecule has 0 radical (unpaired) electrons. The van der Waals surface area contributed by atoms with Gasteiger partial charge in [0.1, 0.15) is 5.60 Å². The number of nitrogens with zero attached hydrogens (tertiary/aromatic N) is 3. The summed E-state index contributed by atoms with van der Waals surface area (Å²) >= 11 is 0. The number of morpholine rings is 1. The monoisotopic (exact) mass is 367 g/mol. The molecule has 0 bridgehead atoms. The summed E-state index contributed by atoms with van der Waals surface area (Å²) in [6, 6.07) is 16.4. The van der Waals surface area contributed by atoms with E-state index in [1.807, 2.05) is 31.2 Å². The molecule has 0 spiro atoms. The van der Waals surface area contributed by atoms with E-state index in [1.54, 1.807) is 0 Å². The van der Waals surface area contributed by atoms with Gasteiger partial charge < -0.3 is 9.84 Å². The molecule has 1 aromatic carbocycles. The summed E-state index contributed by atoms with van der Waals surface area (Å²) in [6.45, 7) is 7.77. The molecule has 5 nitrogen and oxygen atoms in total. The number of pyridine rings is 1. The second kappa shape index (κ2) is 8.07. The molecule has 3 heterocycles. The van der Waals surface area contributed by atoms with Crippen LogP contribution in [0.4, 0.5) is 0 Å². The van der Waals surface area contributed by atoms with Crippen LogP contribution < -0.4 is 0 Å². The summed E-state index contributed by atoms with van der Waals surface area (Å²) in [6.07, 6.45) is 0.727. The van der Waals surface area contributed by atoms with Gasteiger partial charge in [-0.2, -0.15) is 0 Å². The second-order valence-electron chi connectivity index (χ2n) is 7.71. The van der Waals surface area contributed by atoms with Gasteiger partial charge in [0.15, 0.2) is 0 Å². The predicted octanol–water partition coefficient (Wildman–Crippen LogP) is 2.18. The fourth-order valence-corrected chi connectivity index (χ4v) is 4.41. The SMILES string of the molecule is Cc1cccc(CN2CC[C@](O)(c3ccccc3)[C@H](N3CCOCC3)C2)n1. The van der Waals surface area contributed by atoms with Gasteiger partial charge in [-0.25, -0.2) is 0 Å². The number of hydrogen-bond donors (Lipinski definition) is 1. The second-order valence-corrected chi connectivity index (χ2v) is 7.71. The molecule has 0 aliphatic carbocycles. The van der Waals surface area contributed by atoms with E-state index in [9.17, 15) is 5.11 Å². The minimum absolute atomic E-state index is 0.0577. The lowest BCUT2D eigenvalue weighted by Crippen LogP contribution is -2.62. The Morgan fingerprint density at radius 2 is 1.85 bits per heavy atom. The first kappa shape index (κ1) is 18.6. The van der Waals surface area contributed by atoms with Crippen LogP contribution in [0.2, 0.25) is 0 Å². The third kappa shape index (κ3) is 4.06. The highest BCUT2D eigenvalue weighted by molar-refractivity contribution is 5.26. The van der Waals surface area contributed by atoms with Gasteiger partial charge in [-0.1, -0.05) is 36.4 Å². The Bertz CT molecular complexity index is 748. The molecule has 1 N–H and O–H groups in total. The summed E-state index contributed by atoms with van der Waals surface area (Å²) in [4.78, 5) is 9.50. The molecule has 2 aliphatic heterocycles. The molecule has 2 aliphatic rings. The number of aryl methyl sites for hydroxylation is 1. The first-order valence-corrected chi connectivity index (χ1v) is 9.90. The van der Waals surface area contributed by atoms with Crippen molar-refractivity contribution in [2.24, 2.45) is 0 Å². The minimum Gasteiger partial charge on any atom is -0.383 e. The number of likely N-dealkylation sites (tertiary alicyclic amines) is 1. The van der Waals surface area contributed by atoms with Gasteiger partial charge >= 0.3 is 0 Å². The lowest BCUT2D eigenvalue weighted by atomic mass is 9.79. The van der Waals surface area contributed by atoms with Crippen molar-refractivity contribution >= 4 is 0 Å². The van der Waals surface area contributed by atoms with Crippen molar-refractivity contribution in [3.05, 3.63) is 65.5 Å². The Morgan fingerprint density at radius 1 is 1.07 bits per heavy atom. The van der Waals surface area contributed by atoms with Gasteiger partial charge in [-0.15, -0.1) is 0 Å². The molecular formula is C22H29N3O2. The molecule has 2 fully saturated rings. The van der Waals surface area contributed by atoms with Crippen LogP contribution in [0, 0.1) is 6.92 Å². The molecule has 1 aromatic heterocycles. The Hall–Kier alpha value is -1.79. The van der Waals surface area contributed by atoms with Crippen LogP contribution in [0.5, 0.6) is 0 Å². The van der Waals surface area contributed by atoms with Crippen molar-refractivity contribution in [3.8, 4) is 0 Å². The van der Waals surface area contributed by atoms with Crippen molar-refractivity contribution in [2.45, 2.75) is 31.5 Å². The smallest absolute Gasteiger partial charge is 0.108 e. The van der Waals surface area contributed by atoms with Gasteiger partial charge in [0.05, 0.1) is 24.9 Å². The molecule has 2 atom stereocenters. The largest absolute Gasteiger partial charge is 0.383 e. The fraction of sp³-hybridized carbons (Fsp3) is 0.500. The molecule has 144 valence electrons. The normalized spacial score (nSPS) is 27.6. The van der Waals surface area contributed by atoms with Gasteiger partial charge in [0, 0.05) is 38.4 Å². The maximum atomic E-state index is 11.8. The number of aliphatic hydroxyl groups is 1. The zero-order chi connectivity index (χ0) is 18.7. The molecule has 27 heavy (non-hydrogen) atoms. The van der Waals surface area contributed by atoms with Gasteiger partial charge in [0.25, 0.3) is 0 Å². The lowest BCUT2D eigenvalue weighted by molar-refractivity contribution is -0.119. The zero-order valence-corrected chi connectivity index (χ0v) is 16.1. The predicted molar refractivity (Wildman–Crippen MR) is 105 cm³/mol. The maximum absolute atomic E-state index is 11.8. The molecule has 0 amide bonds. The highest BCUT2D eigenvalue weighted by Crippen LogP contribution is 2.36. The average Bonchev–Trinajstić information content (AvgIpc) is 2.71. The number of piperidine rings is 1. The zero-order valence-electron chi connectivity index (χ0n) is 16.1. The highest BCUT2D eigenvalue weighted by Gasteiger charge is 2.45. The number of aromatic nitrogens is 1. The molecule has 0 saturated carbocycles. The van der Waals surface area contributed by atoms with Crippen LogP contribution in [0.15, 0.2) is 48.5 Å². The summed E-state index contributed by atoms with van der Waals surface area (Å²) in [5, 5.41) is 11.8. The third-order valence-corrected chi connectivity index (χ3v) is 5.88. The molecular weight excluding hydrogens is 338 g/mol. The number of ether oxygens (including phenoxy) is 1. The molecule has 4 rings (SSSR count). The van der Waals surface area contributed by atoms with Crippen LogP contribution in [-0.2, 0) is 16.9 Å². The fourth-order valence-electron chi connectivity index (χ4n) is 4.41. The van der Waals surface area contributed by atoms with E-state index in [2.05, 4.69) is 39.0 Å². The van der Waals surface area contributed by atoms with E-state index in [-0.39, 0.29) is 6.04 Å². The molecule has 0 unspecified atom stereocenters. The van der Waals surface area contributed by atoms with Crippen molar-refractivity contribution in [3.63, 3.8) is 0 Å². The molecule has 5 heteroatoms. The van der Waals surface area contributed by atoms with Crippen LogP contribution in [0.3, 0.4) is 0 Å². The van der Waals surface area contributed by atoms with E-state index >= 15 is 0 Å². The molecule has 2 saturated heterocycles. The van der Waals surface area contributed by atoms with Crippen molar-refractivity contribution < 1.29 is 9.84 Å². The lowest BCUT2D eigenvalue weighted by Gasteiger charge is -2.50. The first-order chi connectivity index (χ1) is 13.1. The van der Waals surface area contributed by atoms with Crippen molar-refractivity contribution in [2.75, 3.05) is 39.4 Å². The Kier molecular flexibility index (Phi) is 5.55. The van der Waals surface area contributed by atoms with Crippen LogP contribution in [0.25, 0.3) is 0 Å². The van der Waals surface area contributed by atoms with Gasteiger partial charge in [0.2, 0.25) is 0 Å². The van der Waals surface area contributed by atoms with E-state index < -0.39 is 5.60 Å². The van der Waals surface area contributed by atoms with Gasteiger partial charge in [-0.3, -0.25) is 14.8 Å². The van der Waals surface area contributed by atoms with Crippen molar-refractivity contribution in [1.29, 1.82) is 0 Å². The third-order valence-electron chi connectivity index (χ3n) is 5.88. The first-order valence-electron chi connectivity index (χ1n) is 9.90. The van der Waals surface area contributed by atoms with E-state index in [1.165, 1.54) is 0 Å². The Morgan fingerprint density at radius 3 is 2.59 bits per heavy atom. The van der Waals surface area contributed by atoms with E-state index in [0.29, 0.717) is 0 Å². The Balaban J connectivity index is 1.57. The summed E-state index contributed by atoms with van der Waals surface area (Å²) in [5.74, 6) is 0. The summed E-state index contributed by atoms with van der Waals surface area (Å²) in [7, 11) is 0. The standard InChI is InChI=1S/C22H29N3O2/c1-18-6-5-9-20(23-18)16-24-11-10-22(26,19-7-3-2-4-8-19)21(17-24)25-12-14-27-15-13-25/h2-9,21,26H,10-17H2,1H3/t21-,22+/m1/s1. The minimum atomic E-state index is -0.824. The van der Waals surface area contributed by atoms with Crippen molar-refractivity contribution in [1.82, 2.24) is 14.8 Å². The molecule has 2 aromatic rings. The quantitative estimate of drug-likeness (QED) is 0.898. The van der Waals surface area contributed by atoms with Crippen LogP contribution in [0.1, 0.15) is 23.4 Å². The topological polar surface area (TPSA) is 48.8 Å².